The van der Waals surface area contributed by atoms with E-state index in [-0.39, 0.29) is 18.0 Å². The number of H-pyrrole nitrogens is 1. The average molecular weight is 357 g/mol. The molecule has 0 bridgehead atoms. The number of rotatable bonds is 6. The van der Waals surface area contributed by atoms with Gasteiger partial charge in [0.2, 0.25) is 0 Å². The minimum absolute atomic E-state index is 0.0848. The van der Waals surface area contributed by atoms with Crippen molar-refractivity contribution in [3.05, 3.63) is 34.2 Å². The fraction of sp³-hybridized carbons (Fsp3) is 0.286. The van der Waals surface area contributed by atoms with Gasteiger partial charge in [-0.2, -0.15) is 0 Å². The Morgan fingerprint density at radius 2 is 2.05 bits per heavy atom. The lowest BCUT2D eigenvalue weighted by molar-refractivity contribution is -0.137. The van der Waals surface area contributed by atoms with E-state index in [9.17, 15) is 14.0 Å². The first-order chi connectivity index (χ1) is 9.97. The van der Waals surface area contributed by atoms with Crippen LogP contribution in [0.15, 0.2) is 22.7 Å². The molecule has 0 fully saturated rings. The number of aromatic nitrogens is 1. The fourth-order valence-electron chi connectivity index (χ4n) is 1.98. The standard InChI is InChI=1S/C14H14BrFN2O3/c15-8-5-10(16)9-7-12(18-11(9)6-8)14(21)17-4-2-1-3-13(19)20/h5-7,18H,1-4H2,(H,17,21)(H,19,20). The van der Waals surface area contributed by atoms with Crippen LogP contribution in [0.2, 0.25) is 0 Å². The number of halogens is 2. The van der Waals surface area contributed by atoms with Crippen molar-refractivity contribution in [2.24, 2.45) is 0 Å². The zero-order valence-electron chi connectivity index (χ0n) is 11.1. The summed E-state index contributed by atoms with van der Waals surface area (Å²) >= 11 is 3.19. The van der Waals surface area contributed by atoms with Crippen LogP contribution in [0.4, 0.5) is 4.39 Å². The van der Waals surface area contributed by atoms with E-state index in [0.29, 0.717) is 34.8 Å². The normalized spacial score (nSPS) is 10.8. The van der Waals surface area contributed by atoms with Gasteiger partial charge < -0.3 is 15.4 Å². The molecule has 1 heterocycles. The number of amides is 1. The maximum atomic E-state index is 13.7. The van der Waals surface area contributed by atoms with Crippen LogP contribution in [0, 0.1) is 5.82 Å². The smallest absolute Gasteiger partial charge is 0.303 e. The van der Waals surface area contributed by atoms with Gasteiger partial charge >= 0.3 is 5.97 Å². The van der Waals surface area contributed by atoms with Crippen molar-refractivity contribution >= 4 is 38.7 Å². The molecule has 1 amide bonds. The molecule has 0 radical (unpaired) electrons. The van der Waals surface area contributed by atoms with Crippen molar-refractivity contribution < 1.29 is 19.1 Å². The molecule has 0 saturated carbocycles. The molecule has 21 heavy (non-hydrogen) atoms. The van der Waals surface area contributed by atoms with Crippen LogP contribution in [0.25, 0.3) is 10.9 Å². The van der Waals surface area contributed by atoms with Crippen molar-refractivity contribution in [2.45, 2.75) is 19.3 Å². The lowest BCUT2D eigenvalue weighted by atomic mass is 10.2. The van der Waals surface area contributed by atoms with Gasteiger partial charge in [-0.1, -0.05) is 15.9 Å². The summed E-state index contributed by atoms with van der Waals surface area (Å²) in [6.07, 6.45) is 1.17. The number of nitrogens with one attached hydrogen (secondary N) is 2. The third kappa shape index (κ3) is 4.04. The number of carbonyl (C=O) groups is 2. The summed E-state index contributed by atoms with van der Waals surface area (Å²) in [6.45, 7) is 0.383. The van der Waals surface area contributed by atoms with Crippen LogP contribution >= 0.6 is 15.9 Å². The van der Waals surface area contributed by atoms with Gasteiger partial charge in [-0.25, -0.2) is 4.39 Å². The van der Waals surface area contributed by atoms with E-state index >= 15 is 0 Å². The summed E-state index contributed by atoms with van der Waals surface area (Å²) in [5, 5.41) is 11.5. The van der Waals surface area contributed by atoms with E-state index in [4.69, 9.17) is 5.11 Å². The van der Waals surface area contributed by atoms with Crippen LogP contribution in [0.3, 0.4) is 0 Å². The van der Waals surface area contributed by atoms with Gasteiger partial charge in [0.25, 0.3) is 5.91 Å². The molecule has 0 spiro atoms. The fourth-order valence-corrected chi connectivity index (χ4v) is 2.41. The highest BCUT2D eigenvalue weighted by Gasteiger charge is 2.12. The molecule has 0 aliphatic carbocycles. The number of hydrogen-bond donors (Lipinski definition) is 3. The minimum atomic E-state index is -0.849. The van der Waals surface area contributed by atoms with Crippen LogP contribution in [-0.4, -0.2) is 28.5 Å². The van der Waals surface area contributed by atoms with E-state index in [1.54, 1.807) is 6.07 Å². The Bertz CT molecular complexity index is 684. The van der Waals surface area contributed by atoms with Gasteiger partial charge in [-0.15, -0.1) is 0 Å². The summed E-state index contributed by atoms with van der Waals surface area (Å²) in [6, 6.07) is 4.50. The Balaban J connectivity index is 1.97. The molecule has 2 rings (SSSR count). The number of benzene rings is 1. The number of carboxylic acids is 1. The zero-order chi connectivity index (χ0) is 15.4. The van der Waals surface area contributed by atoms with Crippen molar-refractivity contribution in [3.8, 4) is 0 Å². The van der Waals surface area contributed by atoms with Crippen LogP contribution in [0.1, 0.15) is 29.8 Å². The quantitative estimate of drug-likeness (QED) is 0.695. The van der Waals surface area contributed by atoms with Gasteiger partial charge in [-0.3, -0.25) is 9.59 Å². The maximum Gasteiger partial charge on any atom is 0.303 e. The molecular weight excluding hydrogens is 343 g/mol. The second kappa shape index (κ2) is 6.71. The Morgan fingerprint density at radius 1 is 1.29 bits per heavy atom. The van der Waals surface area contributed by atoms with Gasteiger partial charge in [-0.05, 0) is 31.0 Å². The first kappa shape index (κ1) is 15.5. The van der Waals surface area contributed by atoms with Crippen LogP contribution in [-0.2, 0) is 4.79 Å². The molecule has 1 aromatic carbocycles. The molecule has 0 aliphatic rings. The van der Waals surface area contributed by atoms with Gasteiger partial charge in [0.15, 0.2) is 0 Å². The van der Waals surface area contributed by atoms with Crippen molar-refractivity contribution in [1.82, 2.24) is 10.3 Å². The largest absolute Gasteiger partial charge is 0.481 e. The zero-order valence-corrected chi connectivity index (χ0v) is 12.7. The van der Waals surface area contributed by atoms with E-state index < -0.39 is 11.8 Å². The predicted molar refractivity (Wildman–Crippen MR) is 79.8 cm³/mol. The van der Waals surface area contributed by atoms with Crippen molar-refractivity contribution in [1.29, 1.82) is 0 Å². The van der Waals surface area contributed by atoms with E-state index in [2.05, 4.69) is 26.2 Å². The number of aromatic amines is 1. The molecule has 5 nitrogen and oxygen atoms in total. The molecule has 0 unspecified atom stereocenters. The Hall–Kier alpha value is -1.89. The number of hydrogen-bond acceptors (Lipinski definition) is 2. The topological polar surface area (TPSA) is 82.2 Å². The first-order valence-electron chi connectivity index (χ1n) is 6.45. The van der Waals surface area contributed by atoms with Crippen LogP contribution < -0.4 is 5.32 Å². The molecule has 0 saturated heterocycles. The Kier molecular flexibility index (Phi) is 4.95. The summed E-state index contributed by atoms with van der Waals surface area (Å²) in [5.74, 6) is -1.59. The number of aliphatic carboxylic acids is 1. The lowest BCUT2D eigenvalue weighted by Gasteiger charge is -2.02. The summed E-state index contributed by atoms with van der Waals surface area (Å²) in [7, 11) is 0. The highest BCUT2D eigenvalue weighted by atomic mass is 79.9. The molecule has 0 aliphatic heterocycles. The number of carbonyl (C=O) groups excluding carboxylic acids is 1. The number of carboxylic acid groups (broad SMARTS) is 1. The van der Waals surface area contributed by atoms with Crippen molar-refractivity contribution in [3.63, 3.8) is 0 Å². The molecule has 1 aromatic heterocycles. The Labute approximate surface area is 128 Å². The first-order valence-corrected chi connectivity index (χ1v) is 7.24. The molecule has 2 aromatic rings. The van der Waals surface area contributed by atoms with Gasteiger partial charge in [0.05, 0.1) is 5.52 Å². The number of fused-ring (bicyclic) bond motifs is 1. The minimum Gasteiger partial charge on any atom is -0.481 e. The molecule has 112 valence electrons. The number of unbranched alkanes of at least 4 members (excludes halogenated alkanes) is 1. The second-order valence-electron chi connectivity index (χ2n) is 4.64. The molecule has 0 atom stereocenters. The summed E-state index contributed by atoms with van der Waals surface area (Å²) in [4.78, 5) is 25.1. The second-order valence-corrected chi connectivity index (χ2v) is 5.55. The molecular formula is C14H14BrFN2O3. The monoisotopic (exact) mass is 356 g/mol. The van der Waals surface area contributed by atoms with E-state index in [1.165, 1.54) is 12.1 Å². The van der Waals surface area contributed by atoms with Crippen molar-refractivity contribution in [2.75, 3.05) is 6.54 Å². The summed E-state index contributed by atoms with van der Waals surface area (Å²) < 4.78 is 14.3. The van der Waals surface area contributed by atoms with Crippen LogP contribution in [0.5, 0.6) is 0 Å². The molecule has 7 heteroatoms. The average Bonchev–Trinajstić information content (AvgIpc) is 2.82. The maximum absolute atomic E-state index is 13.7. The highest BCUT2D eigenvalue weighted by Crippen LogP contribution is 2.23. The van der Waals surface area contributed by atoms with Gasteiger partial charge in [0.1, 0.15) is 11.5 Å². The third-order valence-electron chi connectivity index (χ3n) is 3.00. The lowest BCUT2D eigenvalue weighted by Crippen LogP contribution is -2.24. The van der Waals surface area contributed by atoms with E-state index in [1.807, 2.05) is 0 Å². The highest BCUT2D eigenvalue weighted by molar-refractivity contribution is 9.10. The van der Waals surface area contributed by atoms with Gasteiger partial charge in [0, 0.05) is 22.8 Å². The SMILES string of the molecule is O=C(O)CCCCNC(=O)c1cc2c(F)cc(Br)cc2[nH]1. The third-order valence-corrected chi connectivity index (χ3v) is 3.46. The Morgan fingerprint density at radius 3 is 2.76 bits per heavy atom. The van der Waals surface area contributed by atoms with E-state index in [0.717, 1.165) is 0 Å². The summed E-state index contributed by atoms with van der Waals surface area (Å²) in [5.41, 5.74) is 0.818. The predicted octanol–water partition coefficient (Wildman–Crippen LogP) is 3.05. The molecule has 3 N–H and O–H groups in total.